The summed E-state index contributed by atoms with van der Waals surface area (Å²) in [6.07, 6.45) is 2.57. The third-order valence-electron chi connectivity index (χ3n) is 5.16. The second-order valence-electron chi connectivity index (χ2n) is 7.18. The molecular formula is C18H27NO3. The van der Waals surface area contributed by atoms with Crippen molar-refractivity contribution in [2.45, 2.75) is 45.3 Å². The second kappa shape index (κ2) is 6.09. The number of aromatic hydroxyl groups is 1. The van der Waals surface area contributed by atoms with Gasteiger partial charge in [0.2, 0.25) is 0 Å². The number of hydrogen-bond donors (Lipinski definition) is 2. The summed E-state index contributed by atoms with van der Waals surface area (Å²) >= 11 is 0. The minimum absolute atomic E-state index is 0.212. The first-order valence-electron chi connectivity index (χ1n) is 8.31. The van der Waals surface area contributed by atoms with Gasteiger partial charge in [-0.2, -0.15) is 0 Å². The van der Waals surface area contributed by atoms with Crippen LogP contribution in [0.1, 0.15) is 43.9 Å². The van der Waals surface area contributed by atoms with Gasteiger partial charge in [-0.3, -0.25) is 4.90 Å². The van der Waals surface area contributed by atoms with Crippen molar-refractivity contribution >= 4 is 0 Å². The molecule has 122 valence electrons. The Balaban J connectivity index is 1.86. The van der Waals surface area contributed by atoms with Gasteiger partial charge in [0.05, 0.1) is 13.2 Å². The highest BCUT2D eigenvalue weighted by molar-refractivity contribution is 5.48. The summed E-state index contributed by atoms with van der Waals surface area (Å²) in [6.45, 7) is 6.41. The molecule has 2 heterocycles. The van der Waals surface area contributed by atoms with Crippen LogP contribution in [0.2, 0.25) is 0 Å². The van der Waals surface area contributed by atoms with E-state index >= 15 is 0 Å². The fourth-order valence-corrected chi connectivity index (χ4v) is 4.11. The number of aliphatic hydroxyl groups excluding tert-OH is 1. The topological polar surface area (TPSA) is 52.9 Å². The van der Waals surface area contributed by atoms with E-state index in [4.69, 9.17) is 4.74 Å². The van der Waals surface area contributed by atoms with Crippen LogP contribution in [-0.4, -0.2) is 41.4 Å². The summed E-state index contributed by atoms with van der Waals surface area (Å²) in [6, 6.07) is 4.03. The average molecular weight is 305 g/mol. The Morgan fingerprint density at radius 1 is 1.36 bits per heavy atom. The zero-order chi connectivity index (χ0) is 15.9. The molecule has 22 heavy (non-hydrogen) atoms. The van der Waals surface area contributed by atoms with Gasteiger partial charge >= 0.3 is 0 Å². The van der Waals surface area contributed by atoms with Gasteiger partial charge in [-0.1, -0.05) is 13.8 Å². The lowest BCUT2D eigenvalue weighted by atomic mass is 9.79. The van der Waals surface area contributed by atoms with Crippen molar-refractivity contribution in [3.63, 3.8) is 0 Å². The number of piperidine rings is 1. The average Bonchev–Trinajstić information content (AvgIpc) is 2.47. The zero-order valence-corrected chi connectivity index (χ0v) is 13.7. The molecule has 4 heteroatoms. The lowest BCUT2D eigenvalue weighted by Crippen LogP contribution is -2.48. The summed E-state index contributed by atoms with van der Waals surface area (Å²) < 4.78 is 5.26. The van der Waals surface area contributed by atoms with Crippen molar-refractivity contribution in [1.82, 2.24) is 4.90 Å². The third kappa shape index (κ3) is 2.82. The largest absolute Gasteiger partial charge is 0.504 e. The Hall–Kier alpha value is -1.26. The summed E-state index contributed by atoms with van der Waals surface area (Å²) in [5.74, 6) is 1.73. The summed E-state index contributed by atoms with van der Waals surface area (Å²) in [5.41, 5.74) is 2.40. The molecule has 3 atom stereocenters. The van der Waals surface area contributed by atoms with Gasteiger partial charge in [-0.15, -0.1) is 0 Å². The van der Waals surface area contributed by atoms with Gasteiger partial charge in [-0.05, 0) is 54.4 Å². The number of benzene rings is 1. The van der Waals surface area contributed by atoms with Crippen LogP contribution in [0.15, 0.2) is 12.1 Å². The van der Waals surface area contributed by atoms with Crippen LogP contribution in [-0.2, 0) is 6.42 Å². The highest BCUT2D eigenvalue weighted by Crippen LogP contribution is 2.43. The van der Waals surface area contributed by atoms with Gasteiger partial charge in [-0.25, -0.2) is 0 Å². The van der Waals surface area contributed by atoms with Crippen LogP contribution in [0.3, 0.4) is 0 Å². The lowest BCUT2D eigenvalue weighted by molar-refractivity contribution is -0.0191. The zero-order valence-electron chi connectivity index (χ0n) is 13.7. The molecule has 2 aliphatic rings. The molecule has 0 radical (unpaired) electrons. The van der Waals surface area contributed by atoms with E-state index < -0.39 is 0 Å². The van der Waals surface area contributed by atoms with Crippen molar-refractivity contribution in [1.29, 1.82) is 0 Å². The van der Waals surface area contributed by atoms with Crippen LogP contribution < -0.4 is 4.74 Å². The predicted octanol–water partition coefficient (Wildman–Crippen LogP) is 2.73. The van der Waals surface area contributed by atoms with E-state index in [0.29, 0.717) is 17.6 Å². The van der Waals surface area contributed by atoms with Crippen LogP contribution in [0, 0.1) is 11.8 Å². The minimum atomic E-state index is -0.241. The fourth-order valence-electron chi connectivity index (χ4n) is 4.11. The van der Waals surface area contributed by atoms with Gasteiger partial charge in [0.1, 0.15) is 0 Å². The Bertz CT molecular complexity index is 543. The summed E-state index contributed by atoms with van der Waals surface area (Å²) in [4.78, 5) is 2.50. The number of rotatable bonds is 3. The summed E-state index contributed by atoms with van der Waals surface area (Å²) in [7, 11) is 1.58. The van der Waals surface area contributed by atoms with E-state index in [1.807, 2.05) is 12.1 Å². The highest BCUT2D eigenvalue weighted by atomic mass is 16.5. The Morgan fingerprint density at radius 2 is 2.14 bits per heavy atom. The lowest BCUT2D eigenvalue weighted by Gasteiger charge is -2.46. The first-order chi connectivity index (χ1) is 10.5. The number of methoxy groups -OCH3 is 1. The molecule has 1 unspecified atom stereocenters. The molecule has 0 bridgehead atoms. The monoisotopic (exact) mass is 305 g/mol. The molecule has 1 aromatic rings. The van der Waals surface area contributed by atoms with E-state index in [2.05, 4.69) is 18.7 Å². The Morgan fingerprint density at radius 3 is 2.82 bits per heavy atom. The highest BCUT2D eigenvalue weighted by Gasteiger charge is 2.38. The normalized spacial score (nSPS) is 28.3. The van der Waals surface area contributed by atoms with E-state index in [0.717, 1.165) is 32.4 Å². The molecule has 0 aromatic heterocycles. The maximum absolute atomic E-state index is 10.6. The van der Waals surface area contributed by atoms with E-state index in [1.54, 1.807) is 7.11 Å². The molecule has 2 aliphatic heterocycles. The first kappa shape index (κ1) is 15.6. The number of aliphatic hydroxyl groups is 1. The smallest absolute Gasteiger partial charge is 0.160 e. The molecule has 4 nitrogen and oxygen atoms in total. The molecule has 1 saturated heterocycles. The molecule has 1 fully saturated rings. The van der Waals surface area contributed by atoms with Crippen LogP contribution in [0.25, 0.3) is 0 Å². The van der Waals surface area contributed by atoms with E-state index in [1.165, 1.54) is 11.1 Å². The van der Waals surface area contributed by atoms with E-state index in [9.17, 15) is 10.2 Å². The van der Waals surface area contributed by atoms with Crippen LogP contribution in [0.5, 0.6) is 11.5 Å². The van der Waals surface area contributed by atoms with Gasteiger partial charge in [0, 0.05) is 19.1 Å². The van der Waals surface area contributed by atoms with Crippen molar-refractivity contribution < 1.29 is 14.9 Å². The van der Waals surface area contributed by atoms with Crippen LogP contribution >= 0.6 is 0 Å². The first-order valence-corrected chi connectivity index (χ1v) is 8.31. The van der Waals surface area contributed by atoms with Gasteiger partial charge in [0.15, 0.2) is 11.5 Å². The number of fused-ring (bicyclic) bond motifs is 3. The molecular weight excluding hydrogens is 278 g/mol. The standard InChI is InChI=1S/C18H27NO3/c1-11(2)6-13-10-19-5-4-12-7-17(21)18(22-3)8-14(12)15(19)9-16(13)20/h7-8,11,13,15-16,20-21H,4-6,9-10H2,1-3H3/t13-,15-,16?/m1/s1. The van der Waals surface area contributed by atoms with Crippen molar-refractivity contribution in [3.8, 4) is 11.5 Å². The molecule has 3 rings (SSSR count). The molecule has 2 N–H and O–H groups in total. The number of phenolic OH excluding ortho intramolecular Hbond substituents is 1. The number of nitrogens with zero attached hydrogens (tertiary/aromatic N) is 1. The number of hydrogen-bond acceptors (Lipinski definition) is 4. The predicted molar refractivity (Wildman–Crippen MR) is 86.2 cm³/mol. The molecule has 1 aromatic carbocycles. The molecule has 0 spiro atoms. The maximum Gasteiger partial charge on any atom is 0.160 e. The third-order valence-corrected chi connectivity index (χ3v) is 5.16. The SMILES string of the molecule is COc1cc2c(cc1O)CCN1C[C@@H](CC(C)C)C(O)C[C@H]21. The van der Waals surface area contributed by atoms with Crippen molar-refractivity contribution in [3.05, 3.63) is 23.3 Å². The van der Waals surface area contributed by atoms with Crippen molar-refractivity contribution in [2.24, 2.45) is 11.8 Å². The Kier molecular flexibility index (Phi) is 4.33. The second-order valence-corrected chi connectivity index (χ2v) is 7.18. The minimum Gasteiger partial charge on any atom is -0.504 e. The maximum atomic E-state index is 10.6. The van der Waals surface area contributed by atoms with Crippen LogP contribution in [0.4, 0.5) is 0 Å². The number of ether oxygens (including phenoxy) is 1. The molecule has 0 saturated carbocycles. The fraction of sp³-hybridized carbons (Fsp3) is 0.667. The van der Waals surface area contributed by atoms with Crippen molar-refractivity contribution in [2.75, 3.05) is 20.2 Å². The van der Waals surface area contributed by atoms with Gasteiger partial charge in [0.25, 0.3) is 0 Å². The molecule has 0 amide bonds. The van der Waals surface area contributed by atoms with Gasteiger partial charge < -0.3 is 14.9 Å². The molecule has 0 aliphatic carbocycles. The quantitative estimate of drug-likeness (QED) is 0.901. The van der Waals surface area contributed by atoms with E-state index in [-0.39, 0.29) is 17.9 Å². The summed E-state index contributed by atoms with van der Waals surface area (Å²) in [5, 5.41) is 20.5. The Labute approximate surface area is 132 Å². The number of phenols is 1.